The SMILES string of the molecule is CC(C)(CN)C1=CCC(O)(Oc2ccccc2)C=C1. The molecule has 0 bridgehead atoms. The molecule has 102 valence electrons. The molecule has 0 fully saturated rings. The maximum Gasteiger partial charge on any atom is 0.231 e. The number of hydrogen-bond donors (Lipinski definition) is 2. The van der Waals surface area contributed by atoms with E-state index in [1.54, 1.807) is 6.08 Å². The van der Waals surface area contributed by atoms with Crippen LogP contribution in [-0.4, -0.2) is 17.4 Å². The van der Waals surface area contributed by atoms with Crippen molar-refractivity contribution in [2.45, 2.75) is 26.1 Å². The van der Waals surface area contributed by atoms with Gasteiger partial charge in [0, 0.05) is 18.4 Å². The lowest BCUT2D eigenvalue weighted by Gasteiger charge is -2.32. The standard InChI is InChI=1S/C16H21NO2/c1-15(2,12-17)13-8-10-16(18,11-9-13)19-14-6-4-3-5-7-14/h3-10,18H,11-12,17H2,1-2H3. The van der Waals surface area contributed by atoms with Crippen molar-refractivity contribution >= 4 is 0 Å². The summed E-state index contributed by atoms with van der Waals surface area (Å²) in [5.41, 5.74) is 6.82. The molecule has 3 heteroatoms. The van der Waals surface area contributed by atoms with Gasteiger partial charge < -0.3 is 15.6 Å². The average molecular weight is 259 g/mol. The first-order valence-electron chi connectivity index (χ1n) is 6.52. The number of aliphatic hydroxyl groups is 1. The third-order valence-corrected chi connectivity index (χ3v) is 3.47. The first-order chi connectivity index (χ1) is 8.95. The van der Waals surface area contributed by atoms with Crippen molar-refractivity contribution in [2.24, 2.45) is 11.1 Å². The first kappa shape index (κ1) is 13.8. The van der Waals surface area contributed by atoms with Gasteiger partial charge in [-0.25, -0.2) is 0 Å². The Morgan fingerprint density at radius 2 is 2.00 bits per heavy atom. The second-order valence-corrected chi connectivity index (χ2v) is 5.54. The van der Waals surface area contributed by atoms with Crippen LogP contribution in [0.15, 0.2) is 54.1 Å². The van der Waals surface area contributed by atoms with Crippen LogP contribution in [0, 0.1) is 5.41 Å². The minimum absolute atomic E-state index is 0.0788. The van der Waals surface area contributed by atoms with Crippen LogP contribution >= 0.6 is 0 Å². The molecule has 1 aromatic rings. The molecule has 1 aromatic carbocycles. The van der Waals surface area contributed by atoms with Gasteiger partial charge in [-0.15, -0.1) is 0 Å². The maximum atomic E-state index is 10.4. The van der Waals surface area contributed by atoms with E-state index in [-0.39, 0.29) is 5.41 Å². The minimum atomic E-state index is -1.27. The van der Waals surface area contributed by atoms with Gasteiger partial charge in [-0.2, -0.15) is 0 Å². The zero-order valence-electron chi connectivity index (χ0n) is 11.5. The first-order valence-corrected chi connectivity index (χ1v) is 6.52. The van der Waals surface area contributed by atoms with E-state index in [1.165, 1.54) is 0 Å². The average Bonchev–Trinajstić information content (AvgIpc) is 2.40. The summed E-state index contributed by atoms with van der Waals surface area (Å²) in [6, 6.07) is 9.33. The lowest BCUT2D eigenvalue weighted by Crippen LogP contribution is -2.36. The van der Waals surface area contributed by atoms with Crippen molar-refractivity contribution in [2.75, 3.05) is 6.54 Å². The van der Waals surface area contributed by atoms with Crippen LogP contribution < -0.4 is 10.5 Å². The second-order valence-electron chi connectivity index (χ2n) is 5.54. The predicted octanol–water partition coefficient (Wildman–Crippen LogP) is 2.63. The number of nitrogens with two attached hydrogens (primary N) is 1. The van der Waals surface area contributed by atoms with E-state index in [0.717, 1.165) is 5.57 Å². The smallest absolute Gasteiger partial charge is 0.231 e. The van der Waals surface area contributed by atoms with Gasteiger partial charge in [0.2, 0.25) is 5.79 Å². The zero-order valence-corrected chi connectivity index (χ0v) is 11.5. The molecule has 3 nitrogen and oxygen atoms in total. The molecule has 3 N–H and O–H groups in total. The summed E-state index contributed by atoms with van der Waals surface area (Å²) in [7, 11) is 0. The fraction of sp³-hybridized carbons (Fsp3) is 0.375. The van der Waals surface area contributed by atoms with Gasteiger partial charge >= 0.3 is 0 Å². The predicted molar refractivity (Wildman–Crippen MR) is 76.7 cm³/mol. The van der Waals surface area contributed by atoms with Crippen LogP contribution in [0.1, 0.15) is 20.3 Å². The summed E-state index contributed by atoms with van der Waals surface area (Å²) in [4.78, 5) is 0. The number of ether oxygens (including phenoxy) is 1. The Morgan fingerprint density at radius 1 is 1.32 bits per heavy atom. The Kier molecular flexibility index (Phi) is 3.78. The van der Waals surface area contributed by atoms with Gasteiger partial charge in [-0.3, -0.25) is 0 Å². The molecule has 0 aromatic heterocycles. The van der Waals surface area contributed by atoms with Crippen LogP contribution in [0.5, 0.6) is 5.75 Å². The highest BCUT2D eigenvalue weighted by Gasteiger charge is 2.30. The van der Waals surface area contributed by atoms with Gasteiger partial charge in [0.05, 0.1) is 0 Å². The van der Waals surface area contributed by atoms with E-state index < -0.39 is 5.79 Å². The van der Waals surface area contributed by atoms with E-state index in [2.05, 4.69) is 13.8 Å². The van der Waals surface area contributed by atoms with E-state index in [9.17, 15) is 5.11 Å². The Labute approximate surface area is 114 Å². The largest absolute Gasteiger partial charge is 0.459 e. The van der Waals surface area contributed by atoms with Crippen LogP contribution in [0.4, 0.5) is 0 Å². The molecule has 0 saturated carbocycles. The third kappa shape index (κ3) is 3.25. The Hall–Kier alpha value is -1.58. The van der Waals surface area contributed by atoms with Crippen molar-refractivity contribution in [1.82, 2.24) is 0 Å². The van der Waals surface area contributed by atoms with Gasteiger partial charge in [0.15, 0.2) is 0 Å². The lowest BCUT2D eigenvalue weighted by molar-refractivity contribution is -0.0923. The van der Waals surface area contributed by atoms with Crippen LogP contribution in [0.25, 0.3) is 0 Å². The second kappa shape index (κ2) is 5.19. The summed E-state index contributed by atoms with van der Waals surface area (Å²) in [6.07, 6.45) is 6.03. The maximum absolute atomic E-state index is 10.4. The lowest BCUT2D eigenvalue weighted by atomic mass is 9.81. The van der Waals surface area contributed by atoms with Crippen molar-refractivity contribution in [3.05, 3.63) is 54.1 Å². The highest BCUT2D eigenvalue weighted by atomic mass is 16.6. The Bertz CT molecular complexity index is 491. The van der Waals surface area contributed by atoms with E-state index in [1.807, 2.05) is 42.5 Å². The molecule has 19 heavy (non-hydrogen) atoms. The molecular formula is C16H21NO2. The van der Waals surface area contributed by atoms with Crippen LogP contribution in [-0.2, 0) is 0 Å². The quantitative estimate of drug-likeness (QED) is 0.817. The zero-order chi connectivity index (χ0) is 13.9. The normalized spacial score (nSPS) is 23.1. The van der Waals surface area contributed by atoms with E-state index >= 15 is 0 Å². The summed E-state index contributed by atoms with van der Waals surface area (Å²) in [5.74, 6) is -0.611. The number of allylic oxidation sites excluding steroid dienone is 1. The summed E-state index contributed by atoms with van der Waals surface area (Å²) in [5, 5.41) is 10.4. The van der Waals surface area contributed by atoms with Gasteiger partial charge in [-0.1, -0.05) is 44.2 Å². The van der Waals surface area contributed by atoms with E-state index in [0.29, 0.717) is 18.7 Å². The van der Waals surface area contributed by atoms with Gasteiger partial charge in [0.25, 0.3) is 0 Å². The van der Waals surface area contributed by atoms with Crippen LogP contribution in [0.2, 0.25) is 0 Å². The van der Waals surface area contributed by atoms with Crippen molar-refractivity contribution in [3.8, 4) is 5.75 Å². The Balaban J connectivity index is 2.09. The molecule has 1 unspecified atom stereocenters. The molecule has 0 heterocycles. The van der Waals surface area contributed by atoms with Gasteiger partial charge in [0.1, 0.15) is 5.75 Å². The number of para-hydroxylation sites is 1. The van der Waals surface area contributed by atoms with Gasteiger partial charge in [-0.05, 0) is 23.8 Å². The molecule has 1 atom stereocenters. The topological polar surface area (TPSA) is 55.5 Å². The number of hydrogen-bond acceptors (Lipinski definition) is 3. The molecule has 0 spiro atoms. The molecule has 0 radical (unpaired) electrons. The molecular weight excluding hydrogens is 238 g/mol. The molecule has 0 amide bonds. The fourth-order valence-corrected chi connectivity index (χ4v) is 2.00. The fourth-order valence-electron chi connectivity index (χ4n) is 2.00. The number of benzene rings is 1. The van der Waals surface area contributed by atoms with Crippen molar-refractivity contribution in [1.29, 1.82) is 0 Å². The summed E-state index contributed by atoms with van der Waals surface area (Å²) in [6.45, 7) is 4.75. The van der Waals surface area contributed by atoms with Crippen molar-refractivity contribution in [3.63, 3.8) is 0 Å². The molecule has 1 aliphatic carbocycles. The highest BCUT2D eigenvalue weighted by Crippen LogP contribution is 2.33. The molecule has 0 aliphatic heterocycles. The number of rotatable bonds is 4. The molecule has 0 saturated heterocycles. The summed E-state index contributed by atoms with van der Waals surface area (Å²) < 4.78 is 5.63. The molecule has 2 rings (SSSR count). The summed E-state index contributed by atoms with van der Waals surface area (Å²) >= 11 is 0. The monoisotopic (exact) mass is 259 g/mol. The van der Waals surface area contributed by atoms with Crippen molar-refractivity contribution < 1.29 is 9.84 Å². The minimum Gasteiger partial charge on any atom is -0.459 e. The van der Waals surface area contributed by atoms with Crippen LogP contribution in [0.3, 0.4) is 0 Å². The Morgan fingerprint density at radius 3 is 2.53 bits per heavy atom. The third-order valence-electron chi connectivity index (χ3n) is 3.47. The highest BCUT2D eigenvalue weighted by molar-refractivity contribution is 5.33. The van der Waals surface area contributed by atoms with E-state index in [4.69, 9.17) is 10.5 Å². The molecule has 1 aliphatic rings.